The number of nitrogens with two attached hydrogens (primary N) is 1. The van der Waals surface area contributed by atoms with E-state index in [-0.39, 0.29) is 18.4 Å². The minimum absolute atomic E-state index is 0. The smallest absolute Gasteiger partial charge is 0.164 e. The van der Waals surface area contributed by atoms with Crippen molar-refractivity contribution in [1.29, 1.82) is 0 Å². The van der Waals surface area contributed by atoms with Crippen LogP contribution in [0.15, 0.2) is 30.6 Å². The van der Waals surface area contributed by atoms with Crippen LogP contribution in [-0.4, -0.2) is 24.7 Å². The molecule has 1 aromatic carbocycles. The predicted molar refractivity (Wildman–Crippen MR) is 99.7 cm³/mol. The maximum Gasteiger partial charge on any atom is 0.164 e. The molecule has 24 heavy (non-hydrogen) atoms. The second-order valence-electron chi connectivity index (χ2n) is 5.73. The van der Waals surface area contributed by atoms with E-state index in [1.165, 1.54) is 6.33 Å². The molecule has 4 rings (SSSR count). The van der Waals surface area contributed by atoms with Gasteiger partial charge in [-0.1, -0.05) is 17.7 Å². The van der Waals surface area contributed by atoms with Crippen molar-refractivity contribution in [2.75, 3.05) is 5.73 Å². The standard InChI is InChI=1S/C16H15ClN6.ClH/c1-8(2)23-16-13(15(18)19-7-20-16)14(22-23)12-6-9-10(17)4-3-5-11(9)21-12;/h3-8,21H,1-2H3,(H2,18,19,20);1H. The zero-order valence-electron chi connectivity index (χ0n) is 13.1. The van der Waals surface area contributed by atoms with Crippen LogP contribution in [0.2, 0.25) is 5.02 Å². The first-order chi connectivity index (χ1) is 11.1. The number of fused-ring (bicyclic) bond motifs is 2. The lowest BCUT2D eigenvalue weighted by Gasteiger charge is -2.05. The summed E-state index contributed by atoms with van der Waals surface area (Å²) in [5, 5.41) is 7.11. The van der Waals surface area contributed by atoms with E-state index in [0.717, 1.165) is 33.3 Å². The Balaban J connectivity index is 0.00000169. The van der Waals surface area contributed by atoms with Crippen molar-refractivity contribution in [3.05, 3.63) is 35.6 Å². The van der Waals surface area contributed by atoms with Gasteiger partial charge >= 0.3 is 0 Å². The van der Waals surface area contributed by atoms with Crippen molar-refractivity contribution in [3.63, 3.8) is 0 Å². The highest BCUT2D eigenvalue weighted by molar-refractivity contribution is 6.35. The van der Waals surface area contributed by atoms with Gasteiger partial charge in [0.05, 0.1) is 11.1 Å². The maximum atomic E-state index is 6.27. The van der Waals surface area contributed by atoms with Crippen LogP contribution in [0, 0.1) is 0 Å². The van der Waals surface area contributed by atoms with E-state index in [2.05, 4.69) is 28.8 Å². The van der Waals surface area contributed by atoms with Gasteiger partial charge in [-0.05, 0) is 32.0 Å². The molecule has 0 fully saturated rings. The van der Waals surface area contributed by atoms with Gasteiger partial charge in [-0.2, -0.15) is 5.10 Å². The summed E-state index contributed by atoms with van der Waals surface area (Å²) in [6.07, 6.45) is 1.46. The van der Waals surface area contributed by atoms with Crippen LogP contribution < -0.4 is 5.73 Å². The van der Waals surface area contributed by atoms with E-state index < -0.39 is 0 Å². The summed E-state index contributed by atoms with van der Waals surface area (Å²) in [7, 11) is 0. The number of halogens is 2. The van der Waals surface area contributed by atoms with E-state index in [4.69, 9.17) is 22.4 Å². The lowest BCUT2D eigenvalue weighted by atomic mass is 10.2. The summed E-state index contributed by atoms with van der Waals surface area (Å²) in [5.41, 5.74) is 9.35. The monoisotopic (exact) mass is 362 g/mol. The normalized spacial score (nSPS) is 11.3. The number of nitrogens with one attached hydrogen (secondary N) is 1. The summed E-state index contributed by atoms with van der Waals surface area (Å²) >= 11 is 6.27. The number of nitrogen functional groups attached to an aromatic ring is 1. The van der Waals surface area contributed by atoms with Gasteiger partial charge in [-0.15, -0.1) is 12.4 Å². The van der Waals surface area contributed by atoms with E-state index in [9.17, 15) is 0 Å². The number of H-pyrrole nitrogens is 1. The molecule has 0 aliphatic carbocycles. The van der Waals surface area contributed by atoms with Gasteiger partial charge in [0.1, 0.15) is 17.8 Å². The molecule has 3 N–H and O–H groups in total. The first-order valence-corrected chi connectivity index (χ1v) is 7.70. The largest absolute Gasteiger partial charge is 0.383 e. The van der Waals surface area contributed by atoms with Crippen LogP contribution in [0.25, 0.3) is 33.3 Å². The number of hydrogen-bond donors (Lipinski definition) is 2. The zero-order valence-corrected chi connectivity index (χ0v) is 14.7. The minimum atomic E-state index is 0. The topological polar surface area (TPSA) is 85.4 Å². The van der Waals surface area contributed by atoms with Crippen LogP contribution >= 0.6 is 24.0 Å². The van der Waals surface area contributed by atoms with Gasteiger partial charge in [0.15, 0.2) is 5.65 Å². The number of aromatic amines is 1. The van der Waals surface area contributed by atoms with Crippen molar-refractivity contribution < 1.29 is 0 Å². The Kier molecular flexibility index (Phi) is 4.11. The van der Waals surface area contributed by atoms with E-state index in [1.54, 1.807) is 0 Å². The van der Waals surface area contributed by atoms with E-state index in [0.29, 0.717) is 10.8 Å². The average Bonchev–Trinajstić information content (AvgIpc) is 3.09. The maximum absolute atomic E-state index is 6.27. The Morgan fingerprint density at radius 3 is 2.75 bits per heavy atom. The number of hydrogen-bond acceptors (Lipinski definition) is 4. The van der Waals surface area contributed by atoms with Crippen LogP contribution in [-0.2, 0) is 0 Å². The molecule has 0 atom stereocenters. The second kappa shape index (κ2) is 5.96. The third kappa shape index (κ3) is 2.39. The Morgan fingerprint density at radius 1 is 1.25 bits per heavy atom. The van der Waals surface area contributed by atoms with Crippen molar-refractivity contribution >= 4 is 51.8 Å². The highest BCUT2D eigenvalue weighted by Gasteiger charge is 2.19. The van der Waals surface area contributed by atoms with Crippen LogP contribution in [0.1, 0.15) is 19.9 Å². The molecule has 0 unspecified atom stereocenters. The average molecular weight is 363 g/mol. The first-order valence-electron chi connectivity index (χ1n) is 7.32. The zero-order chi connectivity index (χ0) is 16.1. The van der Waals surface area contributed by atoms with Crippen LogP contribution in [0.4, 0.5) is 5.82 Å². The second-order valence-corrected chi connectivity index (χ2v) is 6.14. The molecule has 6 nitrogen and oxygen atoms in total. The lowest BCUT2D eigenvalue weighted by molar-refractivity contribution is 0.547. The molecular weight excluding hydrogens is 347 g/mol. The molecule has 0 radical (unpaired) electrons. The Hall–Kier alpha value is -2.31. The van der Waals surface area contributed by atoms with Crippen molar-refractivity contribution in [2.45, 2.75) is 19.9 Å². The molecular formula is C16H16Cl2N6. The Morgan fingerprint density at radius 2 is 2.04 bits per heavy atom. The molecule has 0 saturated carbocycles. The molecule has 0 spiro atoms. The summed E-state index contributed by atoms with van der Waals surface area (Å²) in [4.78, 5) is 11.8. The van der Waals surface area contributed by atoms with Gasteiger partial charge in [0, 0.05) is 22.0 Å². The third-order valence-electron chi connectivity index (χ3n) is 3.87. The molecule has 0 amide bonds. The predicted octanol–water partition coefficient (Wildman–Crippen LogP) is 4.21. The summed E-state index contributed by atoms with van der Waals surface area (Å²) in [5.74, 6) is 0.418. The van der Waals surface area contributed by atoms with Crippen molar-refractivity contribution in [3.8, 4) is 11.4 Å². The number of rotatable bonds is 2. The molecule has 4 aromatic rings. The summed E-state index contributed by atoms with van der Waals surface area (Å²) in [6, 6.07) is 7.90. The summed E-state index contributed by atoms with van der Waals surface area (Å²) in [6.45, 7) is 4.10. The fraction of sp³-hybridized carbons (Fsp3) is 0.188. The molecule has 0 saturated heterocycles. The molecule has 3 aromatic heterocycles. The molecule has 0 aliphatic rings. The van der Waals surface area contributed by atoms with E-state index in [1.807, 2.05) is 28.9 Å². The molecule has 8 heteroatoms. The van der Waals surface area contributed by atoms with Crippen molar-refractivity contribution in [1.82, 2.24) is 24.7 Å². The minimum Gasteiger partial charge on any atom is -0.383 e. The van der Waals surface area contributed by atoms with Gasteiger partial charge < -0.3 is 10.7 Å². The highest BCUT2D eigenvalue weighted by Crippen LogP contribution is 2.34. The van der Waals surface area contributed by atoms with Gasteiger partial charge in [-0.3, -0.25) is 0 Å². The first kappa shape index (κ1) is 16.5. The SMILES string of the molecule is CC(C)n1nc(-c2cc3c(Cl)cccc3[nH]2)c2c(N)ncnc21.Cl. The number of aromatic nitrogens is 5. The van der Waals surface area contributed by atoms with E-state index >= 15 is 0 Å². The number of benzene rings is 1. The molecule has 0 aliphatic heterocycles. The van der Waals surface area contributed by atoms with Crippen LogP contribution in [0.5, 0.6) is 0 Å². The number of anilines is 1. The third-order valence-corrected chi connectivity index (χ3v) is 4.20. The molecule has 3 heterocycles. The van der Waals surface area contributed by atoms with Gasteiger partial charge in [-0.25, -0.2) is 14.6 Å². The highest BCUT2D eigenvalue weighted by atomic mass is 35.5. The van der Waals surface area contributed by atoms with Gasteiger partial charge in [0.2, 0.25) is 0 Å². The molecule has 0 bridgehead atoms. The fourth-order valence-corrected chi connectivity index (χ4v) is 3.02. The summed E-state index contributed by atoms with van der Waals surface area (Å²) < 4.78 is 1.86. The van der Waals surface area contributed by atoms with Gasteiger partial charge in [0.25, 0.3) is 0 Å². The Bertz CT molecular complexity index is 1030. The van der Waals surface area contributed by atoms with Crippen molar-refractivity contribution in [2.24, 2.45) is 0 Å². The lowest BCUT2D eigenvalue weighted by Crippen LogP contribution is -2.04. The van der Waals surface area contributed by atoms with Crippen LogP contribution in [0.3, 0.4) is 0 Å². The molecule has 124 valence electrons. The Labute approximate surface area is 149 Å². The number of nitrogens with zero attached hydrogens (tertiary/aromatic N) is 4. The quantitative estimate of drug-likeness (QED) is 0.559. The fourth-order valence-electron chi connectivity index (χ4n) is 2.79.